The fourth-order valence-corrected chi connectivity index (χ4v) is 9.25. The van der Waals surface area contributed by atoms with Crippen LogP contribution < -0.4 is 5.32 Å². The zero-order valence-electron chi connectivity index (χ0n) is 45.0. The highest BCUT2D eigenvalue weighted by molar-refractivity contribution is 5.76. The highest BCUT2D eigenvalue weighted by Gasteiger charge is 2.20. The first kappa shape index (κ1) is 65.3. The fourth-order valence-electron chi connectivity index (χ4n) is 9.25. The molecule has 0 fully saturated rings. The zero-order valence-corrected chi connectivity index (χ0v) is 45.0. The van der Waals surface area contributed by atoms with Crippen molar-refractivity contribution in [3.8, 4) is 0 Å². The van der Waals surface area contributed by atoms with Crippen molar-refractivity contribution in [2.75, 3.05) is 6.61 Å². The third-order valence-corrected chi connectivity index (χ3v) is 13.8. The molecule has 0 aliphatic carbocycles. The number of rotatable bonds is 55. The average Bonchev–Trinajstić information content (AvgIpc) is 3.32. The van der Waals surface area contributed by atoms with E-state index in [2.05, 4.69) is 55.6 Å². The normalized spacial score (nSPS) is 13.6. The van der Waals surface area contributed by atoms with Crippen molar-refractivity contribution >= 4 is 5.91 Å². The van der Waals surface area contributed by atoms with Crippen LogP contribution in [0.15, 0.2) is 48.6 Å². The first-order valence-electron chi connectivity index (χ1n) is 29.9. The molecule has 0 saturated heterocycles. The smallest absolute Gasteiger partial charge is 0.222 e. The van der Waals surface area contributed by atoms with E-state index in [0.29, 0.717) is 6.42 Å². The lowest BCUT2D eigenvalue weighted by Gasteiger charge is -2.21. The number of carbonyl (C=O) groups is 1. The van der Waals surface area contributed by atoms with Crippen molar-refractivity contribution in [2.24, 2.45) is 0 Å². The minimum atomic E-state index is -0.962. The van der Waals surface area contributed by atoms with E-state index in [0.717, 1.165) is 38.5 Å². The molecule has 5 nitrogen and oxygen atoms in total. The third-order valence-electron chi connectivity index (χ3n) is 13.8. The van der Waals surface area contributed by atoms with Gasteiger partial charge < -0.3 is 20.6 Å². The summed E-state index contributed by atoms with van der Waals surface area (Å²) in [5.41, 5.74) is 0. The van der Waals surface area contributed by atoms with E-state index in [1.165, 1.54) is 250 Å². The van der Waals surface area contributed by atoms with E-state index in [1.54, 1.807) is 6.08 Å². The molecule has 0 aromatic carbocycles. The molecule has 1 amide bonds. The van der Waals surface area contributed by atoms with Gasteiger partial charge in [0.15, 0.2) is 0 Å². The molecule has 0 aromatic rings. The molecule has 0 aliphatic rings. The van der Waals surface area contributed by atoms with Crippen LogP contribution in [0.3, 0.4) is 0 Å². The number of amides is 1. The van der Waals surface area contributed by atoms with Crippen LogP contribution in [0.4, 0.5) is 0 Å². The van der Waals surface area contributed by atoms with Gasteiger partial charge in [-0.25, -0.2) is 0 Å². The van der Waals surface area contributed by atoms with Crippen LogP contribution in [0, 0.1) is 0 Å². The molecule has 0 rings (SSSR count). The SMILES string of the molecule is CCCCCCCCCCCCCC/C=C\CCCCCCCCCCCCCCC(O)CC(=O)NC(CO)C(O)/C=C/CC/C=C/CC/C=C/CCCCCCCCCCCCCCCC. The summed E-state index contributed by atoms with van der Waals surface area (Å²) in [5, 5.41) is 33.5. The van der Waals surface area contributed by atoms with Crippen molar-refractivity contribution in [1.82, 2.24) is 5.32 Å². The van der Waals surface area contributed by atoms with Crippen LogP contribution in [-0.4, -0.2) is 46.1 Å². The monoisotopic (exact) mass is 940 g/mol. The Morgan fingerprint density at radius 3 is 0.955 bits per heavy atom. The second kappa shape index (κ2) is 56.9. The number of nitrogens with one attached hydrogen (secondary N) is 1. The summed E-state index contributed by atoms with van der Waals surface area (Å²) >= 11 is 0. The Morgan fingerprint density at radius 2 is 0.642 bits per heavy atom. The van der Waals surface area contributed by atoms with Crippen LogP contribution >= 0.6 is 0 Å². The van der Waals surface area contributed by atoms with Crippen LogP contribution in [0.2, 0.25) is 0 Å². The Morgan fingerprint density at radius 1 is 0.373 bits per heavy atom. The van der Waals surface area contributed by atoms with E-state index in [4.69, 9.17) is 0 Å². The molecule has 0 aliphatic heterocycles. The number of unbranched alkanes of at least 4 members (excludes halogenated alkanes) is 40. The Bertz CT molecular complexity index is 1080. The maximum Gasteiger partial charge on any atom is 0.222 e. The van der Waals surface area contributed by atoms with Gasteiger partial charge in [0.05, 0.1) is 31.3 Å². The van der Waals surface area contributed by atoms with Crippen molar-refractivity contribution in [2.45, 2.75) is 334 Å². The molecule has 0 saturated carbocycles. The van der Waals surface area contributed by atoms with Crippen molar-refractivity contribution in [3.63, 3.8) is 0 Å². The summed E-state index contributed by atoms with van der Waals surface area (Å²) in [7, 11) is 0. The lowest BCUT2D eigenvalue weighted by molar-refractivity contribution is -0.124. The second-order valence-electron chi connectivity index (χ2n) is 20.6. The topological polar surface area (TPSA) is 89.8 Å². The number of hydrogen-bond donors (Lipinski definition) is 4. The predicted molar refractivity (Wildman–Crippen MR) is 296 cm³/mol. The molecule has 0 radical (unpaired) electrons. The summed E-state index contributed by atoms with van der Waals surface area (Å²) in [5.74, 6) is -0.326. The van der Waals surface area contributed by atoms with Gasteiger partial charge in [-0.1, -0.05) is 287 Å². The molecular weight excluding hydrogens is 823 g/mol. The van der Waals surface area contributed by atoms with E-state index >= 15 is 0 Å². The van der Waals surface area contributed by atoms with E-state index < -0.39 is 18.2 Å². The largest absolute Gasteiger partial charge is 0.394 e. The maximum atomic E-state index is 12.5. The molecule has 3 atom stereocenters. The van der Waals surface area contributed by atoms with Gasteiger partial charge in [-0.2, -0.15) is 0 Å². The highest BCUT2D eigenvalue weighted by Crippen LogP contribution is 2.17. The lowest BCUT2D eigenvalue weighted by atomic mass is 10.0. The van der Waals surface area contributed by atoms with Gasteiger partial charge in [-0.3, -0.25) is 4.79 Å². The van der Waals surface area contributed by atoms with Gasteiger partial charge in [-0.05, 0) is 70.6 Å². The van der Waals surface area contributed by atoms with Crippen LogP contribution in [0.5, 0.6) is 0 Å². The molecule has 0 heterocycles. The van der Waals surface area contributed by atoms with Crippen LogP contribution in [0.25, 0.3) is 0 Å². The minimum Gasteiger partial charge on any atom is -0.394 e. The molecule has 3 unspecified atom stereocenters. The molecule has 394 valence electrons. The summed E-state index contributed by atoms with van der Waals surface area (Å²) in [6, 6.07) is -0.770. The number of hydrogen-bond acceptors (Lipinski definition) is 4. The maximum absolute atomic E-state index is 12.5. The fraction of sp³-hybridized carbons (Fsp3) is 0.855. The molecule has 67 heavy (non-hydrogen) atoms. The van der Waals surface area contributed by atoms with Crippen molar-refractivity contribution in [3.05, 3.63) is 48.6 Å². The quantitative estimate of drug-likeness (QED) is 0.0361. The van der Waals surface area contributed by atoms with Crippen molar-refractivity contribution < 1.29 is 20.1 Å². The number of aliphatic hydroxyl groups is 3. The predicted octanol–water partition coefficient (Wildman–Crippen LogP) is 18.8. The molecule has 4 N–H and O–H groups in total. The zero-order chi connectivity index (χ0) is 48.6. The standard InChI is InChI=1S/C62H117NO4/c1-3-5-7-9-11-13-15-17-19-21-23-25-27-29-30-31-32-33-35-37-39-41-43-45-47-49-51-53-55-59(65)57-62(67)63-60(58-64)61(66)56-54-52-50-48-46-44-42-40-38-36-34-28-26-24-22-20-18-16-14-12-10-8-6-4-2/h29-30,38,40,46,48,54,56,59-61,64-66H,3-28,31-37,39,41-45,47,49-53,55,57-58H2,1-2H3,(H,63,67)/b30-29-,40-38+,48-46+,56-54+. The van der Waals surface area contributed by atoms with Gasteiger partial charge in [0.25, 0.3) is 0 Å². The number of allylic oxidation sites excluding steroid dienone is 7. The molecular formula is C62H117NO4. The van der Waals surface area contributed by atoms with E-state index in [9.17, 15) is 20.1 Å². The summed E-state index contributed by atoms with van der Waals surface area (Å²) in [4.78, 5) is 12.5. The van der Waals surface area contributed by atoms with Crippen molar-refractivity contribution in [1.29, 1.82) is 0 Å². The molecule has 0 bridgehead atoms. The van der Waals surface area contributed by atoms with Gasteiger partial charge in [-0.15, -0.1) is 0 Å². The highest BCUT2D eigenvalue weighted by atomic mass is 16.3. The Balaban J connectivity index is 3.60. The molecule has 0 aromatic heterocycles. The van der Waals surface area contributed by atoms with Gasteiger partial charge in [0.1, 0.15) is 0 Å². The Kier molecular flexibility index (Phi) is 55.5. The second-order valence-corrected chi connectivity index (χ2v) is 20.6. The van der Waals surface area contributed by atoms with Crippen LogP contribution in [0.1, 0.15) is 316 Å². The number of aliphatic hydroxyl groups excluding tert-OH is 3. The summed E-state index contributed by atoms with van der Waals surface area (Å²) in [6.45, 7) is 4.23. The molecule has 5 heteroatoms. The van der Waals surface area contributed by atoms with Gasteiger partial charge in [0, 0.05) is 0 Å². The minimum absolute atomic E-state index is 0.00258. The number of carbonyl (C=O) groups excluding carboxylic acids is 1. The first-order chi connectivity index (χ1) is 33.0. The van der Waals surface area contributed by atoms with Gasteiger partial charge in [0.2, 0.25) is 5.91 Å². The Labute approximate surface area is 418 Å². The lowest BCUT2D eigenvalue weighted by Crippen LogP contribution is -2.45. The third kappa shape index (κ3) is 53.5. The summed E-state index contributed by atoms with van der Waals surface area (Å²) < 4.78 is 0. The van der Waals surface area contributed by atoms with E-state index in [1.807, 2.05) is 6.08 Å². The Hall–Kier alpha value is -1.69. The van der Waals surface area contributed by atoms with Gasteiger partial charge >= 0.3 is 0 Å². The average molecular weight is 941 g/mol. The van der Waals surface area contributed by atoms with Crippen LogP contribution in [-0.2, 0) is 4.79 Å². The first-order valence-corrected chi connectivity index (χ1v) is 29.9. The van der Waals surface area contributed by atoms with E-state index in [-0.39, 0.29) is 18.9 Å². The summed E-state index contributed by atoms with van der Waals surface area (Å²) in [6.07, 6.45) is 76.0. The molecule has 0 spiro atoms.